The van der Waals surface area contributed by atoms with Gasteiger partial charge in [0.1, 0.15) is 11.5 Å². The number of rotatable bonds is 8. The van der Waals surface area contributed by atoms with Gasteiger partial charge in [-0.15, -0.1) is 0 Å². The predicted molar refractivity (Wildman–Crippen MR) is 179 cm³/mol. The van der Waals surface area contributed by atoms with Gasteiger partial charge in [0.15, 0.2) is 0 Å². The van der Waals surface area contributed by atoms with Crippen molar-refractivity contribution in [1.29, 1.82) is 0 Å². The fraction of sp³-hybridized carbons (Fsp3) is 0.415. The molecule has 4 aromatic carbocycles. The minimum absolute atomic E-state index is 0.211. The molecule has 0 spiro atoms. The molecule has 2 fully saturated rings. The topological polar surface area (TPSA) is 40.5 Å². The van der Waals surface area contributed by atoms with E-state index in [0.717, 1.165) is 47.9 Å². The Morgan fingerprint density at radius 1 is 0.512 bits per heavy atom. The van der Waals surface area contributed by atoms with Crippen LogP contribution in [0.4, 0.5) is 0 Å². The smallest absolute Gasteiger partial charge is 0.122 e. The van der Waals surface area contributed by atoms with Crippen molar-refractivity contribution in [3.8, 4) is 11.5 Å². The molecule has 2 heteroatoms. The normalized spacial score (nSPS) is 17.9. The summed E-state index contributed by atoms with van der Waals surface area (Å²) < 4.78 is 0. The van der Waals surface area contributed by atoms with Crippen LogP contribution in [0, 0.1) is 0 Å². The average molecular weight is 573 g/mol. The van der Waals surface area contributed by atoms with Gasteiger partial charge in [0.2, 0.25) is 0 Å². The lowest BCUT2D eigenvalue weighted by Gasteiger charge is -2.30. The van der Waals surface area contributed by atoms with Crippen molar-refractivity contribution in [3.63, 3.8) is 0 Å². The van der Waals surface area contributed by atoms with Crippen molar-refractivity contribution in [2.75, 3.05) is 0 Å². The van der Waals surface area contributed by atoms with E-state index in [4.69, 9.17) is 0 Å². The van der Waals surface area contributed by atoms with Crippen LogP contribution >= 0.6 is 0 Å². The predicted octanol–water partition coefficient (Wildman–Crippen LogP) is 11.1. The van der Waals surface area contributed by atoms with Crippen molar-refractivity contribution in [3.05, 3.63) is 129 Å². The van der Waals surface area contributed by atoms with Gasteiger partial charge in [-0.2, -0.15) is 0 Å². The largest absolute Gasteiger partial charge is 0.507 e. The van der Waals surface area contributed by atoms with Crippen LogP contribution in [0.15, 0.2) is 84.9 Å². The maximum atomic E-state index is 12.0. The molecular weight excluding hydrogens is 524 g/mol. The number of benzene rings is 4. The first-order valence-electron chi connectivity index (χ1n) is 16.8. The molecule has 2 saturated carbocycles. The maximum Gasteiger partial charge on any atom is 0.122 e. The lowest BCUT2D eigenvalue weighted by atomic mass is 9.76. The van der Waals surface area contributed by atoms with E-state index in [0.29, 0.717) is 29.8 Å². The van der Waals surface area contributed by atoms with Gasteiger partial charge in [0.25, 0.3) is 0 Å². The minimum Gasteiger partial charge on any atom is -0.507 e. The quantitative estimate of drug-likeness (QED) is 0.220. The molecule has 2 unspecified atom stereocenters. The Bertz CT molecular complexity index is 1380. The molecule has 2 N–H and O–H groups in total. The van der Waals surface area contributed by atoms with Crippen LogP contribution in [0.1, 0.15) is 146 Å². The first-order chi connectivity index (χ1) is 21.0. The molecule has 6 rings (SSSR count). The van der Waals surface area contributed by atoms with Crippen LogP contribution in [0.3, 0.4) is 0 Å². The highest BCUT2D eigenvalue weighted by Crippen LogP contribution is 2.47. The van der Waals surface area contributed by atoms with Crippen LogP contribution < -0.4 is 0 Å². The van der Waals surface area contributed by atoms with Crippen LogP contribution in [0.25, 0.3) is 0 Å². The van der Waals surface area contributed by atoms with Gasteiger partial charge in [0, 0.05) is 29.4 Å². The van der Waals surface area contributed by atoms with E-state index in [1.807, 2.05) is 0 Å². The molecule has 2 nitrogen and oxygen atoms in total. The van der Waals surface area contributed by atoms with Crippen molar-refractivity contribution < 1.29 is 10.2 Å². The highest BCUT2D eigenvalue weighted by Gasteiger charge is 2.29. The standard InChI is InChI=1S/C41H48O2/c1-28(30-15-7-3-8-16-30)36-25-23-34(40(42)38(36)32-19-11-5-12-20-32)27-35-24-26-37(29(2)31-17-9-4-10-18-31)39(41(35)43)33-21-13-6-14-22-33/h3-4,7-10,15-18,23-26,28-29,32-33,42-43H,5-6,11-14,19-22,27H2,1-2H3. The van der Waals surface area contributed by atoms with Gasteiger partial charge in [-0.3, -0.25) is 0 Å². The number of hydrogen-bond donors (Lipinski definition) is 2. The molecule has 2 aliphatic rings. The summed E-state index contributed by atoms with van der Waals surface area (Å²) >= 11 is 0. The minimum atomic E-state index is 0.211. The van der Waals surface area contributed by atoms with Crippen LogP contribution in [0.5, 0.6) is 11.5 Å². The Balaban J connectivity index is 1.40. The fourth-order valence-corrected chi connectivity index (χ4v) is 8.07. The van der Waals surface area contributed by atoms with Crippen LogP contribution in [-0.4, -0.2) is 10.2 Å². The number of hydrogen-bond acceptors (Lipinski definition) is 2. The van der Waals surface area contributed by atoms with E-state index in [2.05, 4.69) is 98.8 Å². The summed E-state index contributed by atoms with van der Waals surface area (Å²) in [6.45, 7) is 4.54. The van der Waals surface area contributed by atoms with E-state index in [-0.39, 0.29) is 11.8 Å². The van der Waals surface area contributed by atoms with E-state index in [1.165, 1.54) is 60.8 Å². The third-order valence-electron chi connectivity index (χ3n) is 10.6. The molecular formula is C41H48O2. The zero-order chi connectivity index (χ0) is 29.8. The Hall–Kier alpha value is -3.52. The first kappa shape index (κ1) is 29.5. The van der Waals surface area contributed by atoms with Gasteiger partial charge in [-0.05, 0) is 70.9 Å². The Morgan fingerprint density at radius 3 is 1.26 bits per heavy atom. The van der Waals surface area contributed by atoms with Crippen molar-refractivity contribution in [2.24, 2.45) is 0 Å². The van der Waals surface area contributed by atoms with Gasteiger partial charge >= 0.3 is 0 Å². The van der Waals surface area contributed by atoms with Crippen molar-refractivity contribution in [1.82, 2.24) is 0 Å². The second-order valence-electron chi connectivity index (χ2n) is 13.3. The summed E-state index contributed by atoms with van der Waals surface area (Å²) in [6.07, 6.45) is 12.5. The van der Waals surface area contributed by atoms with Crippen molar-refractivity contribution in [2.45, 2.75) is 108 Å². The van der Waals surface area contributed by atoms with E-state index >= 15 is 0 Å². The summed E-state index contributed by atoms with van der Waals surface area (Å²) in [7, 11) is 0. The molecule has 0 aromatic heterocycles. The van der Waals surface area contributed by atoms with Gasteiger partial charge in [0.05, 0.1) is 0 Å². The molecule has 0 amide bonds. The fourth-order valence-electron chi connectivity index (χ4n) is 8.07. The summed E-state index contributed by atoms with van der Waals surface area (Å²) in [6, 6.07) is 30.1. The highest BCUT2D eigenvalue weighted by molar-refractivity contribution is 5.56. The summed E-state index contributed by atoms with van der Waals surface area (Å²) in [5.41, 5.74) is 9.22. The molecule has 0 bridgehead atoms. The maximum absolute atomic E-state index is 12.0. The Labute approximate surface area is 258 Å². The summed E-state index contributed by atoms with van der Waals surface area (Å²) in [5, 5.41) is 24.0. The molecule has 2 atom stereocenters. The summed E-state index contributed by atoms with van der Waals surface area (Å²) in [5.74, 6) is 2.09. The van der Waals surface area contributed by atoms with E-state index in [9.17, 15) is 10.2 Å². The van der Waals surface area contributed by atoms with Gasteiger partial charge < -0.3 is 10.2 Å². The number of aromatic hydroxyl groups is 2. The van der Waals surface area contributed by atoms with Crippen molar-refractivity contribution >= 4 is 0 Å². The average Bonchev–Trinajstić information content (AvgIpc) is 3.07. The lowest BCUT2D eigenvalue weighted by molar-refractivity contribution is 0.405. The lowest BCUT2D eigenvalue weighted by Crippen LogP contribution is -2.12. The molecule has 0 radical (unpaired) electrons. The van der Waals surface area contributed by atoms with E-state index in [1.54, 1.807) is 0 Å². The number of phenolic OH excluding ortho intramolecular Hbond substituents is 2. The zero-order valence-electron chi connectivity index (χ0n) is 26.1. The Kier molecular flexibility index (Phi) is 9.22. The highest BCUT2D eigenvalue weighted by atomic mass is 16.3. The molecule has 43 heavy (non-hydrogen) atoms. The molecule has 0 aliphatic heterocycles. The third kappa shape index (κ3) is 6.26. The van der Waals surface area contributed by atoms with Crippen LogP contribution in [0.2, 0.25) is 0 Å². The van der Waals surface area contributed by atoms with E-state index < -0.39 is 0 Å². The monoisotopic (exact) mass is 572 g/mol. The number of phenols is 2. The third-order valence-corrected chi connectivity index (χ3v) is 10.6. The Morgan fingerprint density at radius 2 is 0.884 bits per heavy atom. The molecule has 0 heterocycles. The second kappa shape index (κ2) is 13.4. The molecule has 4 aromatic rings. The molecule has 2 aliphatic carbocycles. The van der Waals surface area contributed by atoms with Gasteiger partial charge in [-0.25, -0.2) is 0 Å². The SMILES string of the molecule is CC(c1ccccc1)c1ccc(Cc2ccc(C(C)c3ccccc3)c(C3CCCCC3)c2O)c(O)c1C1CCCCC1. The molecule has 224 valence electrons. The van der Waals surface area contributed by atoms with Crippen LogP contribution in [-0.2, 0) is 6.42 Å². The first-order valence-corrected chi connectivity index (χ1v) is 16.8. The van der Waals surface area contributed by atoms with Gasteiger partial charge in [-0.1, -0.05) is 137 Å². The molecule has 0 saturated heterocycles. The zero-order valence-corrected chi connectivity index (χ0v) is 26.1. The second-order valence-corrected chi connectivity index (χ2v) is 13.3. The summed E-state index contributed by atoms with van der Waals surface area (Å²) in [4.78, 5) is 0.